The molecule has 0 spiro atoms. The van der Waals surface area contributed by atoms with Crippen molar-refractivity contribution in [3.8, 4) is 0 Å². The molecule has 0 radical (unpaired) electrons. The molecular weight excluding hydrogens is 382 g/mol. The number of ether oxygens (including phenoxy) is 4. The molecule has 0 saturated carbocycles. The molecule has 1 saturated heterocycles. The topological polar surface area (TPSA) is 108 Å². The Balaban J connectivity index is 2.52. The average Bonchev–Trinajstić information content (AvgIpc) is 2.75. The third kappa shape index (κ3) is 11.7. The number of rotatable bonds is 11. The van der Waals surface area contributed by atoms with E-state index < -0.39 is 23.9 Å². The zero-order valence-electron chi connectivity index (χ0n) is 17.0. The second-order valence-electron chi connectivity index (χ2n) is 6.53. The molecule has 0 unspecified atom stereocenters. The number of likely N-dealkylation sites (tertiary alicyclic amines) is 1. The number of hydrogen-bond acceptors (Lipinski definition) is 9. The minimum absolute atomic E-state index is 0.0339. The monoisotopic (exact) mass is 411 g/mol. The summed E-state index contributed by atoms with van der Waals surface area (Å²) in [7, 11) is 2.41. The van der Waals surface area contributed by atoms with E-state index in [0.717, 1.165) is 56.8 Å². The molecule has 9 nitrogen and oxygen atoms in total. The highest BCUT2D eigenvalue weighted by molar-refractivity contribution is 5.92. The van der Waals surface area contributed by atoms with Crippen molar-refractivity contribution in [2.75, 3.05) is 47.1 Å². The van der Waals surface area contributed by atoms with Crippen LogP contribution >= 0.6 is 0 Å². The minimum atomic E-state index is -0.685. The second-order valence-corrected chi connectivity index (χ2v) is 6.53. The fourth-order valence-corrected chi connectivity index (χ4v) is 2.67. The minimum Gasteiger partial charge on any atom is -0.466 e. The average molecular weight is 411 g/mol. The Hall–Kier alpha value is -2.68. The van der Waals surface area contributed by atoms with Crippen LogP contribution in [0.1, 0.15) is 25.7 Å². The number of esters is 4. The Morgan fingerprint density at radius 1 is 0.759 bits per heavy atom. The summed E-state index contributed by atoms with van der Waals surface area (Å²) in [5.41, 5.74) is 0. The zero-order chi connectivity index (χ0) is 21.5. The lowest BCUT2D eigenvalue weighted by molar-refractivity contribution is -0.144. The van der Waals surface area contributed by atoms with Gasteiger partial charge in [-0.2, -0.15) is 0 Å². The smallest absolute Gasteiger partial charge is 0.331 e. The molecule has 0 aromatic carbocycles. The maximum absolute atomic E-state index is 11.7. The van der Waals surface area contributed by atoms with Crippen molar-refractivity contribution in [2.24, 2.45) is 5.92 Å². The van der Waals surface area contributed by atoms with Gasteiger partial charge in [-0.05, 0) is 38.9 Å². The van der Waals surface area contributed by atoms with Gasteiger partial charge in [0, 0.05) is 30.2 Å². The summed E-state index contributed by atoms with van der Waals surface area (Å²) >= 11 is 0. The Morgan fingerprint density at radius 3 is 1.66 bits per heavy atom. The van der Waals surface area contributed by atoms with Gasteiger partial charge in [0.2, 0.25) is 0 Å². The number of carbonyl (C=O) groups is 4. The van der Waals surface area contributed by atoms with Gasteiger partial charge in [0.1, 0.15) is 0 Å². The van der Waals surface area contributed by atoms with Gasteiger partial charge in [-0.1, -0.05) is 6.42 Å². The zero-order valence-corrected chi connectivity index (χ0v) is 17.0. The molecule has 1 heterocycles. The van der Waals surface area contributed by atoms with Crippen LogP contribution in [0.3, 0.4) is 0 Å². The first-order valence-corrected chi connectivity index (χ1v) is 9.52. The summed E-state index contributed by atoms with van der Waals surface area (Å²) in [5.74, 6) is -2.90. The first kappa shape index (κ1) is 24.4. The van der Waals surface area contributed by atoms with Gasteiger partial charge in [0.05, 0.1) is 27.4 Å². The van der Waals surface area contributed by atoms with Gasteiger partial charge in [-0.25, -0.2) is 19.2 Å². The molecule has 0 aromatic rings. The number of piperidine rings is 1. The van der Waals surface area contributed by atoms with Crippen LogP contribution < -0.4 is 0 Å². The quantitative estimate of drug-likeness (QED) is 0.280. The maximum Gasteiger partial charge on any atom is 0.331 e. The van der Waals surface area contributed by atoms with Crippen molar-refractivity contribution in [2.45, 2.75) is 25.7 Å². The highest BCUT2D eigenvalue weighted by Crippen LogP contribution is 2.13. The molecule has 1 aliphatic heterocycles. The molecule has 0 bridgehead atoms. The van der Waals surface area contributed by atoms with E-state index in [9.17, 15) is 19.2 Å². The first-order chi connectivity index (χ1) is 13.9. The predicted molar refractivity (Wildman–Crippen MR) is 103 cm³/mol. The van der Waals surface area contributed by atoms with E-state index in [2.05, 4.69) is 14.4 Å². The predicted octanol–water partition coefficient (Wildman–Crippen LogP) is 1.02. The van der Waals surface area contributed by atoms with Crippen molar-refractivity contribution in [3.05, 3.63) is 24.3 Å². The van der Waals surface area contributed by atoms with Crippen LogP contribution in [0.15, 0.2) is 24.3 Å². The molecule has 0 atom stereocenters. The van der Waals surface area contributed by atoms with E-state index >= 15 is 0 Å². The number of methoxy groups -OCH3 is 2. The summed E-state index contributed by atoms with van der Waals surface area (Å²) < 4.78 is 19.1. The van der Waals surface area contributed by atoms with Gasteiger partial charge >= 0.3 is 23.9 Å². The molecule has 0 amide bonds. The Bertz CT molecular complexity index is 566. The van der Waals surface area contributed by atoms with Crippen LogP contribution in [-0.4, -0.2) is 75.8 Å². The van der Waals surface area contributed by atoms with Crippen LogP contribution in [-0.2, 0) is 38.1 Å². The molecular formula is C20H29NO8. The van der Waals surface area contributed by atoms with Crippen molar-refractivity contribution in [1.82, 2.24) is 4.90 Å². The Labute approximate surface area is 170 Å². The number of nitrogens with zero attached hydrogens (tertiary/aromatic N) is 1. The lowest BCUT2D eigenvalue weighted by Crippen LogP contribution is -2.33. The molecule has 1 fully saturated rings. The molecule has 1 aliphatic rings. The molecule has 0 aromatic heterocycles. The summed E-state index contributed by atoms with van der Waals surface area (Å²) in [6.07, 6.45) is 8.13. The molecule has 0 N–H and O–H groups in total. The Kier molecular flexibility index (Phi) is 12.0. The SMILES string of the molecule is COC(=O)/C=C/C(=O)OCC(CCN1CCCCC1)COC(=O)/C=C/C(=O)OC. The lowest BCUT2D eigenvalue weighted by Gasteiger charge is -2.28. The van der Waals surface area contributed by atoms with Gasteiger partial charge < -0.3 is 23.8 Å². The van der Waals surface area contributed by atoms with E-state index in [1.165, 1.54) is 20.6 Å². The summed E-state index contributed by atoms with van der Waals surface area (Å²) in [4.78, 5) is 47.8. The largest absolute Gasteiger partial charge is 0.466 e. The summed E-state index contributed by atoms with van der Waals surface area (Å²) in [6.45, 7) is 2.92. The molecule has 29 heavy (non-hydrogen) atoms. The molecule has 162 valence electrons. The number of carbonyl (C=O) groups excluding carboxylic acids is 4. The second kappa shape index (κ2) is 14.3. The van der Waals surface area contributed by atoms with Gasteiger partial charge in [-0.15, -0.1) is 0 Å². The normalized spacial score (nSPS) is 14.9. The van der Waals surface area contributed by atoms with E-state index in [4.69, 9.17) is 9.47 Å². The van der Waals surface area contributed by atoms with Crippen LogP contribution in [0.5, 0.6) is 0 Å². The third-order valence-corrected chi connectivity index (χ3v) is 4.34. The van der Waals surface area contributed by atoms with Crippen molar-refractivity contribution >= 4 is 23.9 Å². The van der Waals surface area contributed by atoms with Crippen molar-refractivity contribution in [1.29, 1.82) is 0 Å². The van der Waals surface area contributed by atoms with Crippen LogP contribution in [0, 0.1) is 5.92 Å². The van der Waals surface area contributed by atoms with Crippen LogP contribution in [0.4, 0.5) is 0 Å². The van der Waals surface area contributed by atoms with Crippen LogP contribution in [0.2, 0.25) is 0 Å². The van der Waals surface area contributed by atoms with E-state index in [1.54, 1.807) is 0 Å². The molecule has 9 heteroatoms. The van der Waals surface area contributed by atoms with Crippen LogP contribution in [0.25, 0.3) is 0 Å². The number of hydrogen-bond donors (Lipinski definition) is 0. The summed E-state index contributed by atoms with van der Waals surface area (Å²) in [6, 6.07) is 0. The third-order valence-electron chi connectivity index (χ3n) is 4.34. The fraction of sp³-hybridized carbons (Fsp3) is 0.600. The van der Waals surface area contributed by atoms with Gasteiger partial charge in [0.25, 0.3) is 0 Å². The summed E-state index contributed by atoms with van der Waals surface area (Å²) in [5, 5.41) is 0. The standard InChI is InChI=1S/C20H29NO8/c1-26-17(22)6-8-19(24)28-14-16(10-13-21-11-4-3-5-12-21)15-29-20(25)9-7-18(23)27-2/h6-9,16H,3-5,10-15H2,1-2H3/b8-6+,9-7+. The highest BCUT2D eigenvalue weighted by Gasteiger charge is 2.17. The van der Waals surface area contributed by atoms with E-state index in [1.807, 2.05) is 0 Å². The van der Waals surface area contributed by atoms with Gasteiger partial charge in [-0.3, -0.25) is 0 Å². The Morgan fingerprint density at radius 2 is 1.21 bits per heavy atom. The van der Waals surface area contributed by atoms with Crippen molar-refractivity contribution < 1.29 is 38.1 Å². The highest BCUT2D eigenvalue weighted by atomic mass is 16.5. The van der Waals surface area contributed by atoms with Gasteiger partial charge in [0.15, 0.2) is 0 Å². The molecule has 1 rings (SSSR count). The van der Waals surface area contributed by atoms with E-state index in [-0.39, 0.29) is 19.1 Å². The maximum atomic E-state index is 11.7. The van der Waals surface area contributed by atoms with Crippen molar-refractivity contribution in [3.63, 3.8) is 0 Å². The van der Waals surface area contributed by atoms with E-state index in [0.29, 0.717) is 6.42 Å². The first-order valence-electron chi connectivity index (χ1n) is 9.52. The molecule has 0 aliphatic carbocycles. The lowest BCUT2D eigenvalue weighted by atomic mass is 10.1. The fourth-order valence-electron chi connectivity index (χ4n) is 2.67.